The maximum Gasteiger partial charge on any atom is 0.158 e. The van der Waals surface area contributed by atoms with E-state index in [0.717, 1.165) is 18.4 Å². The first-order chi connectivity index (χ1) is 10.5. The summed E-state index contributed by atoms with van der Waals surface area (Å²) in [5.41, 5.74) is 0.470. The molecule has 1 aromatic heterocycles. The van der Waals surface area contributed by atoms with Crippen molar-refractivity contribution in [3.8, 4) is 5.75 Å². The van der Waals surface area contributed by atoms with Crippen LogP contribution in [0.4, 0.5) is 4.39 Å². The number of hydrogen-bond acceptors (Lipinski definition) is 4. The van der Waals surface area contributed by atoms with Crippen LogP contribution in [0.25, 0.3) is 0 Å². The Morgan fingerprint density at radius 2 is 2.32 bits per heavy atom. The highest BCUT2D eigenvalue weighted by Gasteiger charge is 2.59. The van der Waals surface area contributed by atoms with Crippen LogP contribution in [0.1, 0.15) is 24.4 Å². The molecule has 1 saturated carbocycles. The molecule has 0 aromatic carbocycles. The standard InChI is InChI=1S/C17H19FN2O2/c1-11-16(8-19-12(2)20-11)22-10-17(7-14(17)9-21)13-4-3-5-15(18)6-13/h3-5,8-9,13-14H,6-7,10H2,1-2H3/t13?,14-,17+/m0/s1. The highest BCUT2D eigenvalue weighted by atomic mass is 19.1. The van der Waals surface area contributed by atoms with Crippen molar-refractivity contribution in [1.82, 2.24) is 9.97 Å². The predicted octanol–water partition coefficient (Wildman–Crippen LogP) is 3.11. The van der Waals surface area contributed by atoms with Crippen molar-refractivity contribution < 1.29 is 13.9 Å². The van der Waals surface area contributed by atoms with Crippen molar-refractivity contribution in [2.75, 3.05) is 6.61 Å². The summed E-state index contributed by atoms with van der Waals surface area (Å²) in [6.07, 6.45) is 8.88. The second kappa shape index (κ2) is 5.63. The van der Waals surface area contributed by atoms with Crippen LogP contribution in [0, 0.1) is 31.1 Å². The van der Waals surface area contributed by atoms with E-state index in [4.69, 9.17) is 4.74 Å². The van der Waals surface area contributed by atoms with E-state index in [0.29, 0.717) is 24.6 Å². The normalized spacial score (nSPS) is 29.9. The van der Waals surface area contributed by atoms with E-state index in [-0.39, 0.29) is 23.1 Å². The van der Waals surface area contributed by atoms with Crippen molar-refractivity contribution >= 4 is 6.29 Å². The van der Waals surface area contributed by atoms with Gasteiger partial charge >= 0.3 is 0 Å². The van der Waals surface area contributed by atoms with E-state index in [1.807, 2.05) is 19.9 Å². The second-order valence-electron chi connectivity index (χ2n) is 6.14. The van der Waals surface area contributed by atoms with Crippen LogP contribution < -0.4 is 4.74 Å². The van der Waals surface area contributed by atoms with Crippen molar-refractivity contribution in [3.63, 3.8) is 0 Å². The van der Waals surface area contributed by atoms with Gasteiger partial charge in [-0.1, -0.05) is 12.2 Å². The Morgan fingerprint density at radius 1 is 1.50 bits per heavy atom. The smallest absolute Gasteiger partial charge is 0.158 e. The summed E-state index contributed by atoms with van der Waals surface area (Å²) in [5, 5.41) is 0. The van der Waals surface area contributed by atoms with Crippen molar-refractivity contribution in [1.29, 1.82) is 0 Å². The molecular formula is C17H19FN2O2. The molecule has 1 fully saturated rings. The Balaban J connectivity index is 1.74. The van der Waals surface area contributed by atoms with Crippen molar-refractivity contribution in [2.24, 2.45) is 17.3 Å². The summed E-state index contributed by atoms with van der Waals surface area (Å²) in [5.74, 6) is 1.11. The number of aromatic nitrogens is 2. The summed E-state index contributed by atoms with van der Waals surface area (Å²) < 4.78 is 19.4. The molecule has 0 radical (unpaired) electrons. The van der Waals surface area contributed by atoms with Gasteiger partial charge in [0.15, 0.2) is 5.75 Å². The van der Waals surface area contributed by atoms with Gasteiger partial charge < -0.3 is 9.53 Å². The second-order valence-corrected chi connectivity index (χ2v) is 6.14. The van der Waals surface area contributed by atoms with Gasteiger partial charge in [-0.05, 0) is 32.3 Å². The van der Waals surface area contributed by atoms with E-state index in [1.54, 1.807) is 12.3 Å². The molecule has 22 heavy (non-hydrogen) atoms. The number of ether oxygens (including phenoxy) is 1. The number of hydrogen-bond donors (Lipinski definition) is 0. The summed E-state index contributed by atoms with van der Waals surface area (Å²) >= 11 is 0. The predicted molar refractivity (Wildman–Crippen MR) is 80.0 cm³/mol. The summed E-state index contributed by atoms with van der Waals surface area (Å²) in [6, 6.07) is 0. The molecule has 2 aliphatic carbocycles. The van der Waals surface area contributed by atoms with Gasteiger partial charge in [-0.3, -0.25) is 0 Å². The van der Waals surface area contributed by atoms with Gasteiger partial charge in [0.05, 0.1) is 18.5 Å². The van der Waals surface area contributed by atoms with Gasteiger partial charge in [0, 0.05) is 17.8 Å². The minimum atomic E-state index is -0.304. The number of halogens is 1. The first-order valence-electron chi connectivity index (χ1n) is 7.46. The number of aryl methyl sites for hydroxylation is 2. The minimum Gasteiger partial charge on any atom is -0.489 e. The summed E-state index contributed by atoms with van der Waals surface area (Å²) in [7, 11) is 0. The fraction of sp³-hybridized carbons (Fsp3) is 0.471. The fourth-order valence-electron chi connectivity index (χ4n) is 3.19. The van der Waals surface area contributed by atoms with Gasteiger partial charge in [0.1, 0.15) is 17.9 Å². The molecular weight excluding hydrogens is 283 g/mol. The van der Waals surface area contributed by atoms with Gasteiger partial charge in [-0.25, -0.2) is 14.4 Å². The zero-order valence-corrected chi connectivity index (χ0v) is 12.8. The van der Waals surface area contributed by atoms with Crippen LogP contribution in [0.3, 0.4) is 0 Å². The molecule has 1 unspecified atom stereocenters. The third kappa shape index (κ3) is 2.67. The molecule has 1 heterocycles. The van der Waals surface area contributed by atoms with Crippen LogP contribution in [0.15, 0.2) is 30.3 Å². The van der Waals surface area contributed by atoms with Crippen LogP contribution in [-0.2, 0) is 4.79 Å². The first-order valence-corrected chi connectivity index (χ1v) is 7.46. The monoisotopic (exact) mass is 302 g/mol. The first kappa shape index (κ1) is 14.9. The molecule has 116 valence electrons. The lowest BCUT2D eigenvalue weighted by Crippen LogP contribution is -2.26. The van der Waals surface area contributed by atoms with Crippen LogP contribution in [0.2, 0.25) is 0 Å². The van der Waals surface area contributed by atoms with Gasteiger partial charge in [-0.2, -0.15) is 0 Å². The Morgan fingerprint density at radius 3 is 2.95 bits per heavy atom. The maximum absolute atomic E-state index is 13.6. The average Bonchev–Trinajstić information content (AvgIpc) is 3.21. The van der Waals surface area contributed by atoms with Crippen molar-refractivity contribution in [3.05, 3.63) is 41.8 Å². The Hall–Kier alpha value is -2.04. The highest BCUT2D eigenvalue weighted by Crippen LogP contribution is 2.59. The molecule has 0 spiro atoms. The molecule has 5 heteroatoms. The van der Waals surface area contributed by atoms with Crippen LogP contribution in [-0.4, -0.2) is 22.9 Å². The molecule has 0 amide bonds. The largest absolute Gasteiger partial charge is 0.489 e. The quantitative estimate of drug-likeness (QED) is 0.784. The molecule has 2 aliphatic rings. The number of carbonyl (C=O) groups excluding carboxylic acids is 1. The third-order valence-electron chi connectivity index (χ3n) is 4.67. The van der Waals surface area contributed by atoms with E-state index in [9.17, 15) is 9.18 Å². The van der Waals surface area contributed by atoms with Gasteiger partial charge in [0.2, 0.25) is 0 Å². The van der Waals surface area contributed by atoms with E-state index < -0.39 is 0 Å². The number of rotatable bonds is 5. The Kier molecular flexibility index (Phi) is 3.81. The van der Waals surface area contributed by atoms with Crippen LogP contribution in [0.5, 0.6) is 5.75 Å². The van der Waals surface area contributed by atoms with Gasteiger partial charge in [0.25, 0.3) is 0 Å². The number of nitrogens with zero attached hydrogens (tertiary/aromatic N) is 2. The molecule has 0 N–H and O–H groups in total. The van der Waals surface area contributed by atoms with Crippen LogP contribution >= 0.6 is 0 Å². The minimum absolute atomic E-state index is 0.000581. The zero-order chi connectivity index (χ0) is 15.7. The Labute approximate surface area is 129 Å². The van der Waals surface area contributed by atoms with Gasteiger partial charge in [-0.15, -0.1) is 0 Å². The number of carbonyl (C=O) groups is 1. The molecule has 0 bridgehead atoms. The Bertz CT molecular complexity index is 656. The lowest BCUT2D eigenvalue weighted by molar-refractivity contribution is -0.110. The lowest BCUT2D eigenvalue weighted by Gasteiger charge is -2.26. The molecule has 4 nitrogen and oxygen atoms in total. The number of aldehydes is 1. The maximum atomic E-state index is 13.6. The molecule has 1 aromatic rings. The molecule has 3 rings (SSSR count). The topological polar surface area (TPSA) is 52.1 Å². The lowest BCUT2D eigenvalue weighted by atomic mass is 9.82. The highest BCUT2D eigenvalue weighted by molar-refractivity contribution is 5.61. The fourth-order valence-corrected chi connectivity index (χ4v) is 3.19. The SMILES string of the molecule is Cc1ncc(OC[C@@]2(C3C=CC=C(F)C3)C[C@H]2C=O)c(C)n1. The zero-order valence-electron chi connectivity index (χ0n) is 12.8. The molecule has 0 aliphatic heterocycles. The summed E-state index contributed by atoms with van der Waals surface area (Å²) in [4.78, 5) is 19.6. The van der Waals surface area contributed by atoms with E-state index in [1.165, 1.54) is 6.08 Å². The van der Waals surface area contributed by atoms with Crippen molar-refractivity contribution in [2.45, 2.75) is 26.7 Å². The third-order valence-corrected chi connectivity index (χ3v) is 4.67. The number of allylic oxidation sites excluding steroid dienone is 4. The molecule has 0 saturated heterocycles. The van der Waals surface area contributed by atoms with E-state index in [2.05, 4.69) is 9.97 Å². The van der Waals surface area contributed by atoms with E-state index >= 15 is 0 Å². The molecule has 3 atom stereocenters. The average molecular weight is 302 g/mol. The summed E-state index contributed by atoms with van der Waals surface area (Å²) in [6.45, 7) is 4.07.